The van der Waals surface area contributed by atoms with Gasteiger partial charge in [-0.3, -0.25) is 4.79 Å². The molecule has 0 N–H and O–H groups in total. The largest absolute Gasteiger partial charge is 0.493 e. The zero-order valence-electron chi connectivity index (χ0n) is 13.7. The summed E-state index contributed by atoms with van der Waals surface area (Å²) in [6, 6.07) is 14.7. The minimum absolute atomic E-state index is 0.221. The van der Waals surface area contributed by atoms with E-state index in [9.17, 15) is 9.59 Å². The van der Waals surface area contributed by atoms with E-state index in [4.69, 9.17) is 14.2 Å². The van der Waals surface area contributed by atoms with Gasteiger partial charge in [0.25, 0.3) is 0 Å². The maximum atomic E-state index is 11.8. The zero-order chi connectivity index (χ0) is 17.4. The Morgan fingerprint density at radius 1 is 1.12 bits per heavy atom. The summed E-state index contributed by atoms with van der Waals surface area (Å²) >= 11 is 0. The van der Waals surface area contributed by atoms with Crippen molar-refractivity contribution in [2.45, 2.75) is 19.4 Å². The van der Waals surface area contributed by atoms with Crippen molar-refractivity contribution in [2.24, 2.45) is 0 Å². The van der Waals surface area contributed by atoms with Gasteiger partial charge in [-0.2, -0.15) is 0 Å². The highest BCUT2D eigenvalue weighted by Crippen LogP contribution is 2.31. The molecule has 2 rings (SSSR count). The maximum Gasteiger partial charge on any atom is 0.320 e. The number of rotatable bonds is 8. The fraction of sp³-hybridized carbons (Fsp3) is 0.263. The molecule has 0 aliphatic heterocycles. The van der Waals surface area contributed by atoms with Crippen LogP contribution in [-0.4, -0.2) is 26.0 Å². The van der Waals surface area contributed by atoms with Crippen LogP contribution in [0, 0.1) is 0 Å². The van der Waals surface area contributed by atoms with E-state index in [1.165, 1.54) is 7.11 Å². The SMILES string of the molecule is CCOC(=O)C(C=O)c1ccc(OCc2ccccc2)c(OC)c1. The van der Waals surface area contributed by atoms with Gasteiger partial charge in [-0.15, -0.1) is 0 Å². The Kier molecular flexibility index (Phi) is 6.37. The van der Waals surface area contributed by atoms with Gasteiger partial charge in [0.15, 0.2) is 11.5 Å². The molecule has 24 heavy (non-hydrogen) atoms. The number of hydrogen-bond donors (Lipinski definition) is 0. The highest BCUT2D eigenvalue weighted by Gasteiger charge is 2.22. The predicted octanol–water partition coefficient (Wildman–Crippen LogP) is 3.12. The van der Waals surface area contributed by atoms with Crippen molar-refractivity contribution < 1.29 is 23.8 Å². The van der Waals surface area contributed by atoms with Crippen LogP contribution in [0.1, 0.15) is 24.0 Å². The fourth-order valence-corrected chi connectivity index (χ4v) is 2.23. The second-order valence-corrected chi connectivity index (χ2v) is 5.05. The van der Waals surface area contributed by atoms with Crippen LogP contribution in [0.5, 0.6) is 11.5 Å². The van der Waals surface area contributed by atoms with E-state index in [2.05, 4.69) is 0 Å². The molecule has 0 fully saturated rings. The lowest BCUT2D eigenvalue weighted by Crippen LogP contribution is -2.17. The first-order valence-electron chi connectivity index (χ1n) is 7.66. The number of esters is 1. The minimum atomic E-state index is -0.970. The monoisotopic (exact) mass is 328 g/mol. The van der Waals surface area contributed by atoms with Crippen LogP contribution >= 0.6 is 0 Å². The molecule has 5 heteroatoms. The Morgan fingerprint density at radius 3 is 2.50 bits per heavy atom. The first-order chi connectivity index (χ1) is 11.7. The van der Waals surface area contributed by atoms with Crippen LogP contribution in [0.25, 0.3) is 0 Å². The third-order valence-corrected chi connectivity index (χ3v) is 3.46. The van der Waals surface area contributed by atoms with E-state index in [-0.39, 0.29) is 6.61 Å². The van der Waals surface area contributed by atoms with Gasteiger partial charge in [-0.05, 0) is 30.2 Å². The van der Waals surface area contributed by atoms with Gasteiger partial charge in [0, 0.05) is 0 Å². The Labute approximate surface area is 141 Å². The van der Waals surface area contributed by atoms with Gasteiger partial charge in [0.2, 0.25) is 0 Å². The van der Waals surface area contributed by atoms with E-state index >= 15 is 0 Å². The van der Waals surface area contributed by atoms with Gasteiger partial charge < -0.3 is 19.0 Å². The lowest BCUT2D eigenvalue weighted by atomic mass is 10.0. The maximum absolute atomic E-state index is 11.8. The summed E-state index contributed by atoms with van der Waals surface area (Å²) in [6.07, 6.45) is 0.567. The molecule has 0 amide bonds. The van der Waals surface area contributed by atoms with E-state index in [0.29, 0.717) is 30.0 Å². The van der Waals surface area contributed by atoms with E-state index in [0.717, 1.165) is 5.56 Å². The molecule has 0 aliphatic carbocycles. The third kappa shape index (κ3) is 4.35. The smallest absolute Gasteiger partial charge is 0.320 e. The summed E-state index contributed by atoms with van der Waals surface area (Å²) in [5.74, 6) is -0.548. The number of hydrogen-bond acceptors (Lipinski definition) is 5. The fourth-order valence-electron chi connectivity index (χ4n) is 2.23. The molecule has 0 aromatic heterocycles. The van der Waals surface area contributed by atoms with Crippen molar-refractivity contribution in [3.63, 3.8) is 0 Å². The Bertz CT molecular complexity index is 681. The number of carbonyl (C=O) groups excluding carboxylic acids is 2. The van der Waals surface area contributed by atoms with Crippen molar-refractivity contribution in [3.05, 3.63) is 59.7 Å². The predicted molar refractivity (Wildman–Crippen MR) is 89.2 cm³/mol. The number of carbonyl (C=O) groups is 2. The van der Waals surface area contributed by atoms with Gasteiger partial charge in [-0.1, -0.05) is 36.4 Å². The lowest BCUT2D eigenvalue weighted by Gasteiger charge is -2.14. The van der Waals surface area contributed by atoms with Crippen LogP contribution < -0.4 is 9.47 Å². The molecule has 0 radical (unpaired) electrons. The summed E-state index contributed by atoms with van der Waals surface area (Å²) in [5.41, 5.74) is 1.54. The standard InChI is InChI=1S/C19H20O5/c1-3-23-19(21)16(12-20)15-9-10-17(18(11-15)22-2)24-13-14-7-5-4-6-8-14/h4-12,16H,3,13H2,1-2H3. The molecule has 0 spiro atoms. The number of benzene rings is 2. The molecule has 0 saturated heterocycles. The number of ether oxygens (including phenoxy) is 3. The van der Waals surface area contributed by atoms with E-state index in [1.54, 1.807) is 25.1 Å². The Morgan fingerprint density at radius 2 is 1.88 bits per heavy atom. The molecular weight excluding hydrogens is 308 g/mol. The summed E-state index contributed by atoms with van der Waals surface area (Å²) < 4.78 is 16.0. The molecule has 2 aromatic carbocycles. The van der Waals surface area contributed by atoms with Crippen LogP contribution in [-0.2, 0) is 20.9 Å². The molecule has 0 heterocycles. The van der Waals surface area contributed by atoms with Crippen molar-refractivity contribution in [1.82, 2.24) is 0 Å². The van der Waals surface area contributed by atoms with E-state index in [1.807, 2.05) is 30.3 Å². The highest BCUT2D eigenvalue weighted by atomic mass is 16.5. The molecule has 0 saturated carbocycles. The van der Waals surface area contributed by atoms with Crippen LogP contribution in [0.2, 0.25) is 0 Å². The van der Waals surface area contributed by atoms with Gasteiger partial charge in [0.1, 0.15) is 18.8 Å². The zero-order valence-corrected chi connectivity index (χ0v) is 13.7. The molecule has 0 bridgehead atoms. The molecule has 126 valence electrons. The van der Waals surface area contributed by atoms with Gasteiger partial charge in [-0.25, -0.2) is 0 Å². The lowest BCUT2D eigenvalue weighted by molar-refractivity contribution is -0.146. The second kappa shape index (κ2) is 8.72. The summed E-state index contributed by atoms with van der Waals surface area (Å²) in [6.45, 7) is 2.31. The first kappa shape index (κ1) is 17.5. The van der Waals surface area contributed by atoms with Crippen molar-refractivity contribution in [2.75, 3.05) is 13.7 Å². The van der Waals surface area contributed by atoms with Crippen molar-refractivity contribution in [3.8, 4) is 11.5 Å². The molecular formula is C19H20O5. The van der Waals surface area contributed by atoms with Gasteiger partial charge in [0.05, 0.1) is 13.7 Å². The topological polar surface area (TPSA) is 61.8 Å². The molecule has 1 atom stereocenters. The average Bonchev–Trinajstić information content (AvgIpc) is 2.62. The third-order valence-electron chi connectivity index (χ3n) is 3.46. The van der Waals surface area contributed by atoms with Crippen LogP contribution in [0.3, 0.4) is 0 Å². The Hall–Kier alpha value is -2.82. The van der Waals surface area contributed by atoms with Crippen LogP contribution in [0.4, 0.5) is 0 Å². The minimum Gasteiger partial charge on any atom is -0.493 e. The molecule has 2 aromatic rings. The first-order valence-corrected chi connectivity index (χ1v) is 7.66. The molecule has 5 nitrogen and oxygen atoms in total. The van der Waals surface area contributed by atoms with Gasteiger partial charge >= 0.3 is 5.97 Å². The summed E-state index contributed by atoms with van der Waals surface area (Å²) in [4.78, 5) is 23.1. The Balaban J connectivity index is 2.17. The number of aldehydes is 1. The highest BCUT2D eigenvalue weighted by molar-refractivity contribution is 5.94. The average molecular weight is 328 g/mol. The van der Waals surface area contributed by atoms with Crippen molar-refractivity contribution in [1.29, 1.82) is 0 Å². The second-order valence-electron chi connectivity index (χ2n) is 5.05. The summed E-state index contributed by atoms with van der Waals surface area (Å²) in [7, 11) is 1.51. The van der Waals surface area contributed by atoms with E-state index < -0.39 is 11.9 Å². The van der Waals surface area contributed by atoms with Crippen molar-refractivity contribution >= 4 is 12.3 Å². The summed E-state index contributed by atoms with van der Waals surface area (Å²) in [5, 5.41) is 0. The molecule has 0 aliphatic rings. The van der Waals surface area contributed by atoms with Crippen LogP contribution in [0.15, 0.2) is 48.5 Å². The number of methoxy groups -OCH3 is 1. The molecule has 1 unspecified atom stereocenters. The quantitative estimate of drug-likeness (QED) is 0.423. The normalized spacial score (nSPS) is 11.4.